The predicted molar refractivity (Wildman–Crippen MR) is 85.3 cm³/mol. The Balaban J connectivity index is 1.49. The van der Waals surface area contributed by atoms with Gasteiger partial charge in [0.15, 0.2) is 0 Å². The number of ether oxygens (including phenoxy) is 1. The van der Waals surface area contributed by atoms with Crippen LogP contribution in [0.3, 0.4) is 0 Å². The second-order valence-corrected chi connectivity index (χ2v) is 4.93. The monoisotopic (exact) mass is 311 g/mol. The molecule has 0 saturated heterocycles. The molecule has 0 amide bonds. The molecule has 1 atom stereocenters. The first kappa shape index (κ1) is 15.0. The summed E-state index contributed by atoms with van der Waals surface area (Å²) in [6, 6.07) is 9.25. The van der Waals surface area contributed by atoms with Gasteiger partial charge in [0, 0.05) is 37.0 Å². The van der Waals surface area contributed by atoms with Crippen LogP contribution in [0.4, 0.5) is 5.69 Å². The highest BCUT2D eigenvalue weighted by atomic mass is 16.5. The fraction of sp³-hybridized carbons (Fsp3) is 0.188. The van der Waals surface area contributed by atoms with E-state index in [1.54, 1.807) is 29.5 Å². The summed E-state index contributed by atoms with van der Waals surface area (Å²) in [6.45, 7) is 0.887. The van der Waals surface area contributed by atoms with E-state index >= 15 is 0 Å². The zero-order chi connectivity index (χ0) is 15.9. The normalized spacial score (nSPS) is 11.9. The number of rotatable bonds is 7. The summed E-state index contributed by atoms with van der Waals surface area (Å²) < 4.78 is 7.27. The van der Waals surface area contributed by atoms with E-state index in [1.165, 1.54) is 0 Å². The van der Waals surface area contributed by atoms with Gasteiger partial charge in [-0.25, -0.2) is 4.98 Å². The minimum absolute atomic E-state index is 0.435. The molecule has 1 aromatic carbocycles. The van der Waals surface area contributed by atoms with Crippen molar-refractivity contribution < 1.29 is 9.84 Å². The van der Waals surface area contributed by atoms with Crippen molar-refractivity contribution in [3.8, 4) is 11.6 Å². The van der Waals surface area contributed by atoms with Gasteiger partial charge in [0.05, 0.1) is 18.8 Å². The zero-order valence-electron chi connectivity index (χ0n) is 12.4. The van der Waals surface area contributed by atoms with Crippen LogP contribution in [0.5, 0.6) is 11.6 Å². The number of aliphatic hydroxyl groups excluding tert-OH is 1. The number of anilines is 1. The van der Waals surface area contributed by atoms with Crippen molar-refractivity contribution in [2.45, 2.75) is 12.6 Å². The second kappa shape index (κ2) is 7.37. The lowest BCUT2D eigenvalue weighted by Crippen LogP contribution is -2.25. The summed E-state index contributed by atoms with van der Waals surface area (Å²) in [7, 11) is 0. The van der Waals surface area contributed by atoms with Crippen molar-refractivity contribution in [2.75, 3.05) is 11.9 Å². The Kier molecular flexibility index (Phi) is 4.80. The Bertz CT molecular complexity index is 701. The molecule has 7 nitrogen and oxygen atoms in total. The van der Waals surface area contributed by atoms with Gasteiger partial charge in [0.2, 0.25) is 5.88 Å². The maximum absolute atomic E-state index is 9.97. The molecule has 0 aliphatic heterocycles. The van der Waals surface area contributed by atoms with Crippen LogP contribution in [0.15, 0.2) is 61.3 Å². The average Bonchev–Trinajstić information content (AvgIpc) is 3.08. The maximum atomic E-state index is 9.97. The second-order valence-electron chi connectivity index (χ2n) is 4.93. The molecule has 7 heteroatoms. The summed E-state index contributed by atoms with van der Waals surface area (Å²) in [6.07, 6.45) is 7.71. The minimum Gasteiger partial charge on any atom is -0.438 e. The van der Waals surface area contributed by atoms with E-state index in [0.29, 0.717) is 24.7 Å². The molecule has 3 rings (SSSR count). The Morgan fingerprint density at radius 1 is 1.17 bits per heavy atom. The van der Waals surface area contributed by atoms with Crippen molar-refractivity contribution in [3.63, 3.8) is 0 Å². The van der Waals surface area contributed by atoms with Gasteiger partial charge < -0.3 is 15.2 Å². The van der Waals surface area contributed by atoms with Crippen LogP contribution in [0.25, 0.3) is 0 Å². The summed E-state index contributed by atoms with van der Waals surface area (Å²) >= 11 is 0. The highest BCUT2D eigenvalue weighted by Crippen LogP contribution is 2.20. The number of benzene rings is 1. The third-order valence-corrected chi connectivity index (χ3v) is 3.12. The fourth-order valence-corrected chi connectivity index (χ4v) is 2.02. The van der Waals surface area contributed by atoms with Crippen LogP contribution in [0, 0.1) is 0 Å². The molecule has 118 valence electrons. The molecule has 2 heterocycles. The van der Waals surface area contributed by atoms with E-state index in [4.69, 9.17) is 4.74 Å². The molecular weight excluding hydrogens is 294 g/mol. The Morgan fingerprint density at radius 3 is 2.74 bits per heavy atom. The lowest BCUT2D eigenvalue weighted by molar-refractivity contribution is 0.161. The van der Waals surface area contributed by atoms with E-state index in [-0.39, 0.29) is 0 Å². The maximum Gasteiger partial charge on any atom is 0.237 e. The van der Waals surface area contributed by atoms with E-state index in [0.717, 1.165) is 5.69 Å². The number of hydrogen-bond donors (Lipinski definition) is 2. The number of aliphatic hydroxyl groups is 1. The quantitative estimate of drug-likeness (QED) is 0.693. The number of nitrogens with zero attached hydrogens (tertiary/aromatic N) is 4. The molecule has 0 radical (unpaired) electrons. The van der Waals surface area contributed by atoms with Crippen molar-refractivity contribution in [3.05, 3.63) is 61.3 Å². The largest absolute Gasteiger partial charge is 0.438 e. The van der Waals surface area contributed by atoms with Crippen molar-refractivity contribution in [2.24, 2.45) is 0 Å². The van der Waals surface area contributed by atoms with Crippen LogP contribution < -0.4 is 10.1 Å². The standard InChI is InChI=1S/C16H17N5O2/c22-14(12-21-9-1-6-20-21)10-19-13-2-4-15(5-3-13)23-16-11-17-7-8-18-16/h1-9,11,14,19,22H,10,12H2. The van der Waals surface area contributed by atoms with Crippen LogP contribution in [0.1, 0.15) is 0 Å². The number of nitrogens with one attached hydrogen (secondary N) is 1. The van der Waals surface area contributed by atoms with Crippen LogP contribution in [0.2, 0.25) is 0 Å². The molecule has 23 heavy (non-hydrogen) atoms. The minimum atomic E-state index is -0.523. The molecule has 0 fully saturated rings. The lowest BCUT2D eigenvalue weighted by Gasteiger charge is -2.13. The number of hydrogen-bond acceptors (Lipinski definition) is 6. The van der Waals surface area contributed by atoms with Gasteiger partial charge in [0.1, 0.15) is 5.75 Å². The highest BCUT2D eigenvalue weighted by molar-refractivity contribution is 5.46. The van der Waals surface area contributed by atoms with Crippen molar-refractivity contribution in [1.82, 2.24) is 19.7 Å². The van der Waals surface area contributed by atoms with Crippen molar-refractivity contribution in [1.29, 1.82) is 0 Å². The Hall–Kier alpha value is -2.93. The highest BCUT2D eigenvalue weighted by Gasteiger charge is 2.05. The predicted octanol–water partition coefficient (Wildman–Crippen LogP) is 1.94. The van der Waals surface area contributed by atoms with E-state index < -0.39 is 6.10 Å². The molecule has 3 aromatic rings. The first-order valence-corrected chi connectivity index (χ1v) is 7.23. The molecule has 2 N–H and O–H groups in total. The van der Waals surface area contributed by atoms with E-state index in [2.05, 4.69) is 20.4 Å². The van der Waals surface area contributed by atoms with Gasteiger partial charge in [-0.15, -0.1) is 0 Å². The van der Waals surface area contributed by atoms with Gasteiger partial charge in [-0.05, 0) is 30.3 Å². The molecule has 0 spiro atoms. The molecular formula is C16H17N5O2. The SMILES string of the molecule is OC(CNc1ccc(Oc2cnccn2)cc1)Cn1cccn1. The smallest absolute Gasteiger partial charge is 0.237 e. The van der Waals surface area contributed by atoms with E-state index in [1.807, 2.05) is 36.5 Å². The van der Waals surface area contributed by atoms with Gasteiger partial charge in [-0.3, -0.25) is 9.67 Å². The first-order valence-electron chi connectivity index (χ1n) is 7.23. The molecule has 0 saturated carbocycles. The first-order chi connectivity index (χ1) is 11.3. The summed E-state index contributed by atoms with van der Waals surface area (Å²) in [4.78, 5) is 7.99. The van der Waals surface area contributed by atoms with Gasteiger partial charge >= 0.3 is 0 Å². The zero-order valence-corrected chi connectivity index (χ0v) is 12.4. The Labute approximate surface area is 133 Å². The topological polar surface area (TPSA) is 85.1 Å². The molecule has 1 unspecified atom stereocenters. The summed E-state index contributed by atoms with van der Waals surface area (Å²) in [5.41, 5.74) is 0.899. The van der Waals surface area contributed by atoms with E-state index in [9.17, 15) is 5.11 Å². The van der Waals surface area contributed by atoms with Gasteiger partial charge in [-0.1, -0.05) is 0 Å². The fourth-order valence-electron chi connectivity index (χ4n) is 2.02. The Morgan fingerprint density at radius 2 is 2.04 bits per heavy atom. The van der Waals surface area contributed by atoms with Gasteiger partial charge in [0.25, 0.3) is 0 Å². The molecule has 0 aliphatic carbocycles. The molecule has 0 aliphatic rings. The lowest BCUT2D eigenvalue weighted by atomic mass is 10.3. The average molecular weight is 311 g/mol. The molecule has 2 aromatic heterocycles. The summed E-state index contributed by atoms with van der Waals surface area (Å²) in [5, 5.41) is 17.2. The third kappa shape index (κ3) is 4.52. The van der Waals surface area contributed by atoms with Crippen LogP contribution >= 0.6 is 0 Å². The van der Waals surface area contributed by atoms with Crippen LogP contribution in [-0.4, -0.2) is 37.5 Å². The van der Waals surface area contributed by atoms with Crippen LogP contribution in [-0.2, 0) is 6.54 Å². The third-order valence-electron chi connectivity index (χ3n) is 3.12. The van der Waals surface area contributed by atoms with Crippen molar-refractivity contribution >= 4 is 5.69 Å². The van der Waals surface area contributed by atoms with Gasteiger partial charge in [-0.2, -0.15) is 5.10 Å². The summed E-state index contributed by atoms with van der Waals surface area (Å²) in [5.74, 6) is 1.12. The number of aromatic nitrogens is 4. The molecule has 0 bridgehead atoms.